The Bertz CT molecular complexity index is 257. The molecule has 1 amide bonds. The van der Waals surface area contributed by atoms with Crippen LogP contribution in [0.25, 0.3) is 0 Å². The van der Waals surface area contributed by atoms with Gasteiger partial charge in [0.1, 0.15) is 0 Å². The van der Waals surface area contributed by atoms with Crippen molar-refractivity contribution in [1.29, 1.82) is 0 Å². The Morgan fingerprint density at radius 3 is 2.47 bits per heavy atom. The van der Waals surface area contributed by atoms with Gasteiger partial charge in [-0.05, 0) is 36.5 Å². The van der Waals surface area contributed by atoms with Gasteiger partial charge in [-0.1, -0.05) is 34.1 Å². The van der Waals surface area contributed by atoms with Crippen molar-refractivity contribution in [2.24, 2.45) is 17.3 Å². The zero-order chi connectivity index (χ0) is 13.1. The molecule has 0 aromatic rings. The van der Waals surface area contributed by atoms with Crippen molar-refractivity contribution >= 4 is 6.09 Å². The molecule has 17 heavy (non-hydrogen) atoms. The van der Waals surface area contributed by atoms with E-state index >= 15 is 0 Å². The molecule has 1 saturated carbocycles. The molecular formula is C14H27NO2. The molecule has 0 heterocycles. The van der Waals surface area contributed by atoms with Crippen molar-refractivity contribution in [1.82, 2.24) is 5.32 Å². The third-order valence-corrected chi connectivity index (χ3v) is 4.14. The van der Waals surface area contributed by atoms with Crippen molar-refractivity contribution in [3.05, 3.63) is 0 Å². The highest BCUT2D eigenvalue weighted by Gasteiger charge is 2.37. The molecule has 0 aromatic heterocycles. The molecule has 1 rings (SSSR count). The number of rotatable bonds is 2. The maximum atomic E-state index is 11.3. The third-order valence-electron chi connectivity index (χ3n) is 4.14. The Morgan fingerprint density at radius 2 is 2.00 bits per heavy atom. The fraction of sp³-hybridized carbons (Fsp3) is 0.929. The molecule has 0 bridgehead atoms. The third kappa shape index (κ3) is 3.90. The largest absolute Gasteiger partial charge is 0.453 e. The van der Waals surface area contributed by atoms with Gasteiger partial charge in [0.25, 0.3) is 0 Å². The quantitative estimate of drug-likeness (QED) is 0.802. The average Bonchev–Trinajstić information content (AvgIpc) is 2.27. The van der Waals surface area contributed by atoms with Crippen LogP contribution in [0.15, 0.2) is 0 Å². The number of alkyl carbamates (subject to hydrolysis) is 1. The topological polar surface area (TPSA) is 38.3 Å². The number of carbonyl (C=O) groups excluding carboxylic acids is 1. The molecule has 3 nitrogen and oxygen atoms in total. The van der Waals surface area contributed by atoms with Gasteiger partial charge >= 0.3 is 6.09 Å². The minimum absolute atomic E-state index is 0.287. The van der Waals surface area contributed by atoms with Gasteiger partial charge in [-0.3, -0.25) is 0 Å². The van der Waals surface area contributed by atoms with Gasteiger partial charge in [-0.25, -0.2) is 4.79 Å². The lowest BCUT2D eigenvalue weighted by molar-refractivity contribution is 0.0821. The smallest absolute Gasteiger partial charge is 0.407 e. The van der Waals surface area contributed by atoms with Crippen molar-refractivity contribution < 1.29 is 9.53 Å². The van der Waals surface area contributed by atoms with Crippen LogP contribution in [-0.2, 0) is 4.74 Å². The Hall–Kier alpha value is -0.730. The Labute approximate surface area is 105 Å². The standard InChI is InChI=1S/C14H27NO2/c1-6-10-7-8-11(15-13(16)17-5)9-12(10)14(2,3)4/h10-12H,6-9H2,1-5H3,(H,15,16). The van der Waals surface area contributed by atoms with Gasteiger partial charge in [-0.2, -0.15) is 0 Å². The van der Waals surface area contributed by atoms with Crippen LogP contribution in [0.1, 0.15) is 53.4 Å². The summed E-state index contributed by atoms with van der Waals surface area (Å²) >= 11 is 0. The average molecular weight is 241 g/mol. The lowest BCUT2D eigenvalue weighted by atomic mass is 9.64. The highest BCUT2D eigenvalue weighted by atomic mass is 16.5. The van der Waals surface area contributed by atoms with Crippen LogP contribution in [-0.4, -0.2) is 19.2 Å². The van der Waals surface area contributed by atoms with Crippen LogP contribution in [0.3, 0.4) is 0 Å². The number of carbonyl (C=O) groups is 1. The summed E-state index contributed by atoms with van der Waals surface area (Å²) in [6.07, 6.45) is 4.33. The molecule has 3 unspecified atom stereocenters. The zero-order valence-electron chi connectivity index (χ0n) is 11.9. The molecular weight excluding hydrogens is 214 g/mol. The van der Waals surface area contributed by atoms with Crippen molar-refractivity contribution in [3.8, 4) is 0 Å². The molecule has 0 aliphatic heterocycles. The number of nitrogens with one attached hydrogen (secondary N) is 1. The highest BCUT2D eigenvalue weighted by Crippen LogP contribution is 2.43. The molecule has 0 spiro atoms. The predicted octanol–water partition coefficient (Wildman–Crippen LogP) is 3.58. The van der Waals surface area contributed by atoms with Crippen LogP contribution in [0.4, 0.5) is 4.79 Å². The van der Waals surface area contributed by atoms with Gasteiger partial charge in [-0.15, -0.1) is 0 Å². The van der Waals surface area contributed by atoms with Crippen LogP contribution in [0.5, 0.6) is 0 Å². The van der Waals surface area contributed by atoms with E-state index in [-0.39, 0.29) is 12.1 Å². The van der Waals surface area contributed by atoms with E-state index in [0.717, 1.165) is 18.8 Å². The number of hydrogen-bond donors (Lipinski definition) is 1. The first-order chi connectivity index (χ1) is 7.88. The van der Waals surface area contributed by atoms with Crippen LogP contribution >= 0.6 is 0 Å². The summed E-state index contributed by atoms with van der Waals surface area (Å²) in [5.74, 6) is 1.48. The van der Waals surface area contributed by atoms with E-state index < -0.39 is 0 Å². The van der Waals surface area contributed by atoms with E-state index in [1.54, 1.807) is 0 Å². The first kappa shape index (κ1) is 14.3. The van der Waals surface area contributed by atoms with E-state index in [2.05, 4.69) is 37.7 Å². The monoisotopic (exact) mass is 241 g/mol. The molecule has 1 aliphatic carbocycles. The summed E-state index contributed by atoms with van der Waals surface area (Å²) in [5.41, 5.74) is 0.317. The normalized spacial score (nSPS) is 29.8. The second-order valence-electron chi connectivity index (χ2n) is 6.29. The van der Waals surface area contributed by atoms with Crippen LogP contribution in [0.2, 0.25) is 0 Å². The number of ether oxygens (including phenoxy) is 1. The molecule has 3 heteroatoms. The van der Waals surface area contributed by atoms with Gasteiger partial charge in [0.15, 0.2) is 0 Å². The Kier molecular flexibility index (Phi) is 4.84. The summed E-state index contributed by atoms with van der Waals surface area (Å²) in [6, 6.07) is 0.287. The fourth-order valence-electron chi connectivity index (χ4n) is 3.14. The Balaban J connectivity index is 2.63. The summed E-state index contributed by atoms with van der Waals surface area (Å²) < 4.78 is 4.68. The molecule has 0 saturated heterocycles. The van der Waals surface area contributed by atoms with Gasteiger partial charge in [0.2, 0.25) is 0 Å². The van der Waals surface area contributed by atoms with E-state index in [0.29, 0.717) is 11.3 Å². The first-order valence-corrected chi connectivity index (χ1v) is 6.73. The molecule has 1 N–H and O–H groups in total. The number of hydrogen-bond acceptors (Lipinski definition) is 2. The lowest BCUT2D eigenvalue weighted by Crippen LogP contribution is -2.44. The Morgan fingerprint density at radius 1 is 1.35 bits per heavy atom. The fourth-order valence-corrected chi connectivity index (χ4v) is 3.14. The molecule has 1 fully saturated rings. The SMILES string of the molecule is CCC1CCC(NC(=O)OC)CC1C(C)(C)C. The summed E-state index contributed by atoms with van der Waals surface area (Å²) in [4.78, 5) is 11.3. The van der Waals surface area contributed by atoms with Crippen molar-refractivity contribution in [2.75, 3.05) is 7.11 Å². The molecule has 100 valence electrons. The summed E-state index contributed by atoms with van der Waals surface area (Å²) in [7, 11) is 1.42. The minimum Gasteiger partial charge on any atom is -0.453 e. The van der Waals surface area contributed by atoms with E-state index in [4.69, 9.17) is 0 Å². The van der Waals surface area contributed by atoms with E-state index in [9.17, 15) is 4.79 Å². The van der Waals surface area contributed by atoms with E-state index in [1.807, 2.05) is 0 Å². The molecule has 0 aromatic carbocycles. The molecule has 1 aliphatic rings. The van der Waals surface area contributed by atoms with Crippen LogP contribution in [0, 0.1) is 17.3 Å². The predicted molar refractivity (Wildman–Crippen MR) is 69.9 cm³/mol. The van der Waals surface area contributed by atoms with Crippen molar-refractivity contribution in [3.63, 3.8) is 0 Å². The molecule has 0 radical (unpaired) electrons. The first-order valence-electron chi connectivity index (χ1n) is 6.73. The summed E-state index contributed by atoms with van der Waals surface area (Å²) in [5, 5.41) is 2.95. The maximum Gasteiger partial charge on any atom is 0.407 e. The lowest BCUT2D eigenvalue weighted by Gasteiger charge is -2.43. The zero-order valence-corrected chi connectivity index (χ0v) is 11.9. The molecule has 3 atom stereocenters. The second-order valence-corrected chi connectivity index (χ2v) is 6.29. The second kappa shape index (κ2) is 5.74. The minimum atomic E-state index is -0.294. The number of amides is 1. The van der Waals surface area contributed by atoms with Gasteiger partial charge < -0.3 is 10.1 Å². The van der Waals surface area contributed by atoms with E-state index in [1.165, 1.54) is 20.0 Å². The number of methoxy groups -OCH3 is 1. The highest BCUT2D eigenvalue weighted by molar-refractivity contribution is 5.67. The van der Waals surface area contributed by atoms with Gasteiger partial charge in [0, 0.05) is 6.04 Å². The van der Waals surface area contributed by atoms with Crippen molar-refractivity contribution in [2.45, 2.75) is 59.4 Å². The van der Waals surface area contributed by atoms with Crippen LogP contribution < -0.4 is 5.32 Å². The maximum absolute atomic E-state index is 11.3. The van der Waals surface area contributed by atoms with Gasteiger partial charge in [0.05, 0.1) is 7.11 Å². The summed E-state index contributed by atoms with van der Waals surface area (Å²) in [6.45, 7) is 9.19.